The van der Waals surface area contributed by atoms with Crippen molar-refractivity contribution in [2.45, 2.75) is 45.1 Å². The number of hydrogen-bond acceptors (Lipinski definition) is 2. The number of rotatable bonds is 3. The summed E-state index contributed by atoms with van der Waals surface area (Å²) in [4.78, 5) is 12.0. The number of aryl methyl sites for hydroxylation is 1. The van der Waals surface area contributed by atoms with Gasteiger partial charge in [0.05, 0.1) is 6.61 Å². The molecule has 3 N–H and O–H groups in total. The van der Waals surface area contributed by atoms with Crippen molar-refractivity contribution in [1.82, 2.24) is 5.32 Å². The zero-order valence-corrected chi connectivity index (χ0v) is 12.4. The standard InChI is InChI=1S/C17H22N2O2/c1-13-9-10-14(6-4-5-11-20)12-16(13)19-17(21)18-15-7-2-3-8-15/h9-10,12,15,20H,2-3,5,7-8,11H2,1H3,(H2,18,19,21). The molecule has 0 unspecified atom stereocenters. The lowest BCUT2D eigenvalue weighted by Gasteiger charge is -2.14. The van der Waals surface area contributed by atoms with Crippen LogP contribution in [0.3, 0.4) is 0 Å². The third-order valence-corrected chi connectivity index (χ3v) is 3.65. The quantitative estimate of drug-likeness (QED) is 0.748. The zero-order valence-electron chi connectivity index (χ0n) is 12.4. The van der Waals surface area contributed by atoms with Gasteiger partial charge in [0.25, 0.3) is 0 Å². The molecular weight excluding hydrogens is 264 g/mol. The molecule has 4 heteroatoms. The molecular formula is C17H22N2O2. The minimum Gasteiger partial charge on any atom is -0.395 e. The van der Waals surface area contributed by atoms with Gasteiger partial charge in [-0.2, -0.15) is 0 Å². The second-order valence-corrected chi connectivity index (χ2v) is 5.38. The van der Waals surface area contributed by atoms with Crippen LogP contribution in [0.4, 0.5) is 10.5 Å². The van der Waals surface area contributed by atoms with Gasteiger partial charge in [-0.25, -0.2) is 4.79 Å². The number of anilines is 1. The maximum atomic E-state index is 12.0. The highest BCUT2D eigenvalue weighted by atomic mass is 16.2. The molecule has 1 fully saturated rings. The van der Waals surface area contributed by atoms with Crippen molar-refractivity contribution in [3.8, 4) is 11.8 Å². The summed E-state index contributed by atoms with van der Waals surface area (Å²) < 4.78 is 0. The van der Waals surface area contributed by atoms with E-state index in [1.807, 2.05) is 25.1 Å². The van der Waals surface area contributed by atoms with Crippen LogP contribution in [0.1, 0.15) is 43.2 Å². The Hall–Kier alpha value is -1.99. The van der Waals surface area contributed by atoms with Crippen LogP contribution in [0.2, 0.25) is 0 Å². The molecule has 0 atom stereocenters. The Labute approximate surface area is 125 Å². The second kappa shape index (κ2) is 7.70. The SMILES string of the molecule is Cc1ccc(C#CCCO)cc1NC(=O)NC1CCCC1. The molecule has 1 aliphatic rings. The molecule has 0 bridgehead atoms. The number of hydrogen-bond donors (Lipinski definition) is 3. The predicted octanol–water partition coefficient (Wildman–Crippen LogP) is 2.79. The number of urea groups is 1. The van der Waals surface area contributed by atoms with E-state index in [-0.39, 0.29) is 12.6 Å². The summed E-state index contributed by atoms with van der Waals surface area (Å²) in [5, 5.41) is 14.6. The summed E-state index contributed by atoms with van der Waals surface area (Å²) in [5.74, 6) is 5.86. The van der Waals surface area contributed by atoms with Gasteiger partial charge < -0.3 is 15.7 Å². The first-order valence-corrected chi connectivity index (χ1v) is 7.47. The van der Waals surface area contributed by atoms with Gasteiger partial charge in [0.2, 0.25) is 0 Å². The van der Waals surface area contributed by atoms with Crippen molar-refractivity contribution >= 4 is 11.7 Å². The Morgan fingerprint density at radius 3 is 2.86 bits per heavy atom. The number of aliphatic hydroxyl groups is 1. The van der Waals surface area contributed by atoms with Gasteiger partial charge in [0.15, 0.2) is 0 Å². The van der Waals surface area contributed by atoms with Crippen LogP contribution in [0.25, 0.3) is 0 Å². The lowest BCUT2D eigenvalue weighted by molar-refractivity contribution is 0.248. The van der Waals surface area contributed by atoms with Crippen molar-refractivity contribution in [2.24, 2.45) is 0 Å². The van der Waals surface area contributed by atoms with Gasteiger partial charge in [-0.05, 0) is 37.5 Å². The number of carbonyl (C=O) groups is 1. The average Bonchev–Trinajstić information content (AvgIpc) is 2.95. The molecule has 0 heterocycles. The van der Waals surface area contributed by atoms with Crippen LogP contribution in [-0.2, 0) is 0 Å². The van der Waals surface area contributed by atoms with Gasteiger partial charge >= 0.3 is 6.03 Å². The van der Waals surface area contributed by atoms with Crippen LogP contribution in [0, 0.1) is 18.8 Å². The topological polar surface area (TPSA) is 61.4 Å². The number of nitrogens with one attached hydrogen (secondary N) is 2. The van der Waals surface area contributed by atoms with E-state index in [1.165, 1.54) is 12.8 Å². The zero-order chi connectivity index (χ0) is 15.1. The van der Waals surface area contributed by atoms with Gasteiger partial charge in [0.1, 0.15) is 0 Å². The predicted molar refractivity (Wildman–Crippen MR) is 84.2 cm³/mol. The van der Waals surface area contributed by atoms with Gasteiger partial charge in [-0.1, -0.05) is 30.7 Å². The maximum Gasteiger partial charge on any atom is 0.319 e. The lowest BCUT2D eigenvalue weighted by atomic mass is 10.1. The number of aliphatic hydroxyl groups excluding tert-OH is 1. The summed E-state index contributed by atoms with van der Waals surface area (Å²) in [6.07, 6.45) is 4.98. The van der Waals surface area contributed by atoms with Crippen LogP contribution >= 0.6 is 0 Å². The first kappa shape index (κ1) is 15.4. The fraction of sp³-hybridized carbons (Fsp3) is 0.471. The first-order valence-electron chi connectivity index (χ1n) is 7.47. The monoisotopic (exact) mass is 286 g/mol. The number of amides is 2. The molecule has 1 aliphatic carbocycles. The van der Waals surface area contributed by atoms with Crippen LogP contribution in [0.15, 0.2) is 18.2 Å². The van der Waals surface area contributed by atoms with E-state index < -0.39 is 0 Å². The summed E-state index contributed by atoms with van der Waals surface area (Å²) in [6, 6.07) is 5.88. The maximum absolute atomic E-state index is 12.0. The Balaban J connectivity index is 1.99. The molecule has 0 aliphatic heterocycles. The normalized spacial score (nSPS) is 14.4. The summed E-state index contributed by atoms with van der Waals surface area (Å²) in [5.41, 5.74) is 2.62. The Kier molecular flexibility index (Phi) is 5.65. The molecule has 0 radical (unpaired) electrons. The first-order chi connectivity index (χ1) is 10.2. The second-order valence-electron chi connectivity index (χ2n) is 5.38. The smallest absolute Gasteiger partial charge is 0.319 e. The van der Waals surface area contributed by atoms with Crippen LogP contribution in [-0.4, -0.2) is 23.8 Å². The summed E-state index contributed by atoms with van der Waals surface area (Å²) in [7, 11) is 0. The molecule has 0 saturated heterocycles. The van der Waals surface area contributed by atoms with Crippen molar-refractivity contribution in [3.05, 3.63) is 29.3 Å². The van der Waals surface area contributed by atoms with E-state index in [1.54, 1.807) is 0 Å². The third kappa shape index (κ3) is 4.80. The van der Waals surface area contributed by atoms with E-state index in [0.29, 0.717) is 12.5 Å². The Bertz CT molecular complexity index is 552. The molecule has 1 aromatic carbocycles. The van der Waals surface area contributed by atoms with Crippen molar-refractivity contribution in [2.75, 3.05) is 11.9 Å². The Morgan fingerprint density at radius 2 is 2.14 bits per heavy atom. The van der Waals surface area contributed by atoms with Crippen molar-refractivity contribution in [1.29, 1.82) is 0 Å². The number of benzene rings is 1. The molecule has 0 spiro atoms. The van der Waals surface area contributed by atoms with E-state index >= 15 is 0 Å². The summed E-state index contributed by atoms with van der Waals surface area (Å²) in [6.45, 7) is 2.02. The highest BCUT2D eigenvalue weighted by molar-refractivity contribution is 5.90. The largest absolute Gasteiger partial charge is 0.395 e. The van der Waals surface area contributed by atoms with Crippen LogP contribution < -0.4 is 10.6 Å². The lowest BCUT2D eigenvalue weighted by Crippen LogP contribution is -2.36. The molecule has 1 aromatic rings. The molecule has 112 valence electrons. The minimum absolute atomic E-state index is 0.0633. The van der Waals surface area contributed by atoms with Gasteiger partial charge in [-0.3, -0.25) is 0 Å². The van der Waals surface area contributed by atoms with E-state index in [9.17, 15) is 4.79 Å². The van der Waals surface area contributed by atoms with Crippen molar-refractivity contribution in [3.63, 3.8) is 0 Å². The van der Waals surface area contributed by atoms with E-state index in [4.69, 9.17) is 5.11 Å². The van der Waals surface area contributed by atoms with E-state index in [2.05, 4.69) is 22.5 Å². The van der Waals surface area contributed by atoms with Gasteiger partial charge in [0, 0.05) is 23.7 Å². The molecule has 1 saturated carbocycles. The number of carbonyl (C=O) groups excluding carboxylic acids is 1. The molecule has 4 nitrogen and oxygen atoms in total. The fourth-order valence-electron chi connectivity index (χ4n) is 2.47. The highest BCUT2D eigenvalue weighted by Gasteiger charge is 2.17. The third-order valence-electron chi connectivity index (χ3n) is 3.65. The van der Waals surface area contributed by atoms with Crippen molar-refractivity contribution < 1.29 is 9.90 Å². The fourth-order valence-corrected chi connectivity index (χ4v) is 2.47. The molecule has 0 aromatic heterocycles. The molecule has 2 rings (SSSR count). The summed E-state index contributed by atoms with van der Waals surface area (Å²) >= 11 is 0. The highest BCUT2D eigenvalue weighted by Crippen LogP contribution is 2.19. The molecule has 2 amide bonds. The molecule has 21 heavy (non-hydrogen) atoms. The van der Waals surface area contributed by atoms with E-state index in [0.717, 1.165) is 29.7 Å². The average molecular weight is 286 g/mol. The Morgan fingerprint density at radius 1 is 1.38 bits per heavy atom. The van der Waals surface area contributed by atoms with Crippen LogP contribution in [0.5, 0.6) is 0 Å². The minimum atomic E-state index is -0.148. The van der Waals surface area contributed by atoms with Gasteiger partial charge in [-0.15, -0.1) is 0 Å².